The second kappa shape index (κ2) is 22.0. The van der Waals surface area contributed by atoms with Crippen molar-refractivity contribution in [2.75, 3.05) is 0 Å². The number of rotatable bonds is 11. The molecule has 1 amide bonds. The van der Waals surface area contributed by atoms with Gasteiger partial charge in [0.1, 0.15) is 21.4 Å². The van der Waals surface area contributed by atoms with E-state index in [1.807, 2.05) is 32.0 Å². The van der Waals surface area contributed by atoms with Crippen molar-refractivity contribution in [3.05, 3.63) is 200 Å². The van der Waals surface area contributed by atoms with Crippen LogP contribution >= 0.6 is 23.2 Å². The SMILES string of the molecule is Cc1cnc2c(S(N)(=O)=O)cc(Cc3cc(C(=O)NCc4cc5c(Cl)c[nH]c5cc4F)ccn3)cc2c1.Cc1cnc2c(S(N)(=O)=O)cc(Cc3cc(C(=O)O)ccn3)cc2c1.NCc1cc2c(Cl)c[nH]c2cc1F. The molecule has 23 heteroatoms. The van der Waals surface area contributed by atoms with Gasteiger partial charge in [-0.2, -0.15) is 0 Å². The van der Waals surface area contributed by atoms with E-state index in [4.69, 9.17) is 44.3 Å². The summed E-state index contributed by atoms with van der Waals surface area (Å²) in [6.07, 6.45) is 9.79. The molecule has 6 aromatic heterocycles. The third-order valence-electron chi connectivity index (χ3n) is 11.7. The lowest BCUT2D eigenvalue weighted by Gasteiger charge is -2.10. The quantitative estimate of drug-likeness (QED) is 0.0640. The van der Waals surface area contributed by atoms with Gasteiger partial charge in [-0.05, 0) is 121 Å². The molecule has 0 saturated carbocycles. The Morgan fingerprint density at radius 2 is 1.09 bits per heavy atom. The number of carboxylic acids is 1. The van der Waals surface area contributed by atoms with Crippen molar-refractivity contribution in [1.29, 1.82) is 0 Å². The van der Waals surface area contributed by atoms with Gasteiger partial charge in [0.2, 0.25) is 20.0 Å². The molecule has 75 heavy (non-hydrogen) atoms. The molecule has 0 aliphatic heterocycles. The summed E-state index contributed by atoms with van der Waals surface area (Å²) in [5, 5.41) is 26.4. The molecule has 0 unspecified atom stereocenters. The lowest BCUT2D eigenvalue weighted by Crippen LogP contribution is -2.23. The molecular formula is C52H44Cl2F2N10O7S2. The second-order valence-corrected chi connectivity index (χ2v) is 21.2. The van der Waals surface area contributed by atoms with Gasteiger partial charge >= 0.3 is 5.97 Å². The molecule has 10 aromatic rings. The number of nitrogens with zero attached hydrogens (tertiary/aromatic N) is 4. The van der Waals surface area contributed by atoms with Gasteiger partial charge < -0.3 is 26.1 Å². The number of pyridine rings is 4. The maximum Gasteiger partial charge on any atom is 0.335 e. The van der Waals surface area contributed by atoms with E-state index in [0.717, 1.165) is 16.5 Å². The van der Waals surface area contributed by atoms with Crippen LogP contribution < -0.4 is 21.3 Å². The minimum atomic E-state index is -4.02. The summed E-state index contributed by atoms with van der Waals surface area (Å²) in [4.78, 5) is 46.4. The van der Waals surface area contributed by atoms with E-state index in [1.165, 1.54) is 48.8 Å². The van der Waals surface area contributed by atoms with Gasteiger partial charge in [-0.15, -0.1) is 0 Å². The van der Waals surface area contributed by atoms with Crippen LogP contribution in [0.15, 0.2) is 132 Å². The van der Waals surface area contributed by atoms with Crippen molar-refractivity contribution in [3.8, 4) is 0 Å². The fourth-order valence-electron chi connectivity index (χ4n) is 8.13. The minimum Gasteiger partial charge on any atom is -0.478 e. The fourth-order valence-corrected chi connectivity index (χ4v) is 10.1. The van der Waals surface area contributed by atoms with Crippen LogP contribution in [0.2, 0.25) is 10.0 Å². The van der Waals surface area contributed by atoms with E-state index < -0.39 is 37.7 Å². The van der Waals surface area contributed by atoms with Crippen molar-refractivity contribution < 1.29 is 40.3 Å². The molecule has 6 heterocycles. The summed E-state index contributed by atoms with van der Waals surface area (Å²) in [5.41, 5.74) is 12.6. The molecule has 0 spiro atoms. The number of amides is 1. The molecule has 0 atom stereocenters. The molecule has 384 valence electrons. The highest BCUT2D eigenvalue weighted by atomic mass is 35.5. The van der Waals surface area contributed by atoms with Gasteiger partial charge in [0, 0.05) is 124 Å². The zero-order valence-corrected chi connectivity index (χ0v) is 42.8. The van der Waals surface area contributed by atoms with E-state index in [9.17, 15) is 35.2 Å². The normalized spacial score (nSPS) is 11.6. The van der Waals surface area contributed by atoms with Gasteiger partial charge in [-0.1, -0.05) is 23.2 Å². The summed E-state index contributed by atoms with van der Waals surface area (Å²) in [6.45, 7) is 3.86. The Kier molecular flexibility index (Phi) is 15.7. The molecular weight excluding hydrogens is 1050 g/mol. The molecule has 0 aliphatic carbocycles. The number of hydrogen-bond acceptors (Lipinski definition) is 11. The lowest BCUT2D eigenvalue weighted by molar-refractivity contribution is 0.0696. The summed E-state index contributed by atoms with van der Waals surface area (Å²) < 4.78 is 75.9. The predicted octanol–water partition coefficient (Wildman–Crippen LogP) is 8.67. The highest BCUT2D eigenvalue weighted by molar-refractivity contribution is 7.89. The monoisotopic (exact) mass is 1090 g/mol. The Hall–Kier alpha value is -7.76. The van der Waals surface area contributed by atoms with Crippen LogP contribution in [-0.4, -0.2) is 63.7 Å². The first-order valence-corrected chi connectivity index (χ1v) is 26.2. The first-order valence-electron chi connectivity index (χ1n) is 22.4. The van der Waals surface area contributed by atoms with E-state index >= 15 is 0 Å². The summed E-state index contributed by atoms with van der Waals surface area (Å²) >= 11 is 12.0. The van der Waals surface area contributed by atoms with Gasteiger partial charge in [0.25, 0.3) is 5.91 Å². The van der Waals surface area contributed by atoms with E-state index in [0.29, 0.717) is 87.5 Å². The Labute approximate surface area is 437 Å². The number of primary sulfonamides is 2. The molecule has 0 radical (unpaired) electrons. The van der Waals surface area contributed by atoms with Crippen molar-refractivity contribution in [3.63, 3.8) is 0 Å². The number of aromatic amines is 2. The van der Waals surface area contributed by atoms with Crippen LogP contribution in [-0.2, 0) is 46.0 Å². The maximum absolute atomic E-state index is 14.5. The first-order chi connectivity index (χ1) is 35.5. The van der Waals surface area contributed by atoms with Crippen LogP contribution in [0.3, 0.4) is 0 Å². The van der Waals surface area contributed by atoms with Gasteiger partial charge in [0.15, 0.2) is 0 Å². The number of sulfonamides is 2. The number of halogens is 4. The fraction of sp³-hybridized carbons (Fsp3) is 0.115. The van der Waals surface area contributed by atoms with Crippen LogP contribution in [0, 0.1) is 25.5 Å². The number of H-pyrrole nitrogens is 2. The highest BCUT2D eigenvalue weighted by Gasteiger charge is 2.19. The van der Waals surface area contributed by atoms with Crippen LogP contribution in [0.1, 0.15) is 65.5 Å². The number of carbonyl (C=O) groups excluding carboxylic acids is 1. The van der Waals surface area contributed by atoms with Crippen LogP contribution in [0.25, 0.3) is 43.6 Å². The molecule has 10 rings (SSSR count). The summed E-state index contributed by atoms with van der Waals surface area (Å²) in [5.74, 6) is -2.22. The third-order valence-corrected chi connectivity index (χ3v) is 14.1. The van der Waals surface area contributed by atoms with Gasteiger partial charge in [-0.3, -0.25) is 24.7 Å². The van der Waals surface area contributed by atoms with E-state index in [1.54, 1.807) is 55.1 Å². The number of aryl methyl sites for hydroxylation is 2. The summed E-state index contributed by atoms with van der Waals surface area (Å²) in [6, 6.07) is 22.2. The molecule has 0 fully saturated rings. The second-order valence-electron chi connectivity index (χ2n) is 17.3. The molecule has 0 saturated heterocycles. The number of carbonyl (C=O) groups is 2. The standard InChI is InChI=1S/C26H21ClFN5O3S.C17H15N3O4S.C9H8ClFN2/c1-14-4-17-5-15(7-24(37(29,35)36)25(17)32-11-14)6-19-8-16(2-3-30-19)26(34)33-12-18-9-20-21(27)13-31-23(20)10-22(18)28;1-10-4-13-5-11(6-14-8-12(17(21)22)2-3-19-14)7-15(25(18,23)24)16(13)20-9-10;10-7-4-13-9-2-8(11)5(3-12)1-6(7)9/h2-5,7-11,13,31H,6,12H2,1H3,(H,33,34)(H2,29,35,36);2-5,7-9H,6H2,1H3,(H,21,22)(H2,18,23,24);1-2,4,13H,3,12H2. The lowest BCUT2D eigenvalue weighted by atomic mass is 10.0. The van der Waals surface area contributed by atoms with Crippen molar-refractivity contribution in [2.24, 2.45) is 16.0 Å². The number of nitrogens with two attached hydrogens (primary N) is 3. The van der Waals surface area contributed by atoms with Gasteiger partial charge in [-0.25, -0.2) is 40.7 Å². The number of hydrogen-bond donors (Lipinski definition) is 7. The first kappa shape index (κ1) is 53.5. The Bertz CT molecular complexity index is 4120. The number of aromatic nitrogens is 6. The Balaban J connectivity index is 0.000000168. The molecule has 10 N–H and O–H groups in total. The number of aromatic carboxylic acids is 1. The number of nitrogens with one attached hydrogen (secondary N) is 3. The average molecular weight is 1090 g/mol. The average Bonchev–Trinajstić information content (AvgIpc) is 3.91. The number of fused-ring (bicyclic) bond motifs is 4. The van der Waals surface area contributed by atoms with Crippen LogP contribution in [0.4, 0.5) is 8.78 Å². The highest BCUT2D eigenvalue weighted by Crippen LogP contribution is 2.29. The van der Waals surface area contributed by atoms with Crippen LogP contribution in [0.5, 0.6) is 0 Å². The molecule has 0 aliphatic rings. The topological polar surface area (TPSA) is 296 Å². The smallest absolute Gasteiger partial charge is 0.335 e. The number of carboxylic acid groups (broad SMARTS) is 1. The van der Waals surface area contributed by atoms with Gasteiger partial charge in [0.05, 0.1) is 26.6 Å². The molecule has 0 bridgehead atoms. The Morgan fingerprint density at radius 1 is 0.640 bits per heavy atom. The van der Waals surface area contributed by atoms with E-state index in [2.05, 4.69) is 35.2 Å². The predicted molar refractivity (Wildman–Crippen MR) is 282 cm³/mol. The number of benzene rings is 4. The van der Waals surface area contributed by atoms with E-state index in [-0.39, 0.29) is 47.1 Å². The Morgan fingerprint density at radius 3 is 1.56 bits per heavy atom. The van der Waals surface area contributed by atoms with Crippen molar-refractivity contribution in [2.45, 2.75) is 49.6 Å². The molecule has 17 nitrogen and oxygen atoms in total. The zero-order chi connectivity index (χ0) is 53.9. The minimum absolute atomic E-state index is 0.0332. The third kappa shape index (κ3) is 12.6. The summed E-state index contributed by atoms with van der Waals surface area (Å²) in [7, 11) is -7.97. The largest absolute Gasteiger partial charge is 0.478 e. The maximum atomic E-state index is 14.5. The molecule has 4 aromatic carbocycles. The zero-order valence-electron chi connectivity index (χ0n) is 39.6. The van der Waals surface area contributed by atoms with Crippen molar-refractivity contribution in [1.82, 2.24) is 35.2 Å². The van der Waals surface area contributed by atoms with Crippen molar-refractivity contribution >= 4 is 98.7 Å².